The third-order valence-corrected chi connectivity index (χ3v) is 4.45. The number of aryl methyl sites for hydroxylation is 1. The van der Waals surface area contributed by atoms with E-state index < -0.39 is 0 Å². The van der Waals surface area contributed by atoms with Gasteiger partial charge in [0, 0.05) is 24.3 Å². The van der Waals surface area contributed by atoms with Crippen molar-refractivity contribution in [1.82, 2.24) is 0 Å². The lowest BCUT2D eigenvalue weighted by Crippen LogP contribution is -2.27. The van der Waals surface area contributed by atoms with Gasteiger partial charge in [0.15, 0.2) is 0 Å². The summed E-state index contributed by atoms with van der Waals surface area (Å²) < 4.78 is 5.49. The molecule has 1 aromatic rings. The van der Waals surface area contributed by atoms with Crippen molar-refractivity contribution in [3.8, 4) is 0 Å². The monoisotopic (exact) mass is 245 g/mol. The number of benzene rings is 1. The van der Waals surface area contributed by atoms with Crippen LogP contribution in [0.15, 0.2) is 18.2 Å². The van der Waals surface area contributed by atoms with Crippen LogP contribution in [-0.2, 0) is 17.6 Å². The molecule has 3 rings (SSSR count). The Bertz CT molecular complexity index is 410. The van der Waals surface area contributed by atoms with Crippen LogP contribution in [0.3, 0.4) is 0 Å². The maximum atomic E-state index is 5.49. The third kappa shape index (κ3) is 2.39. The summed E-state index contributed by atoms with van der Waals surface area (Å²) in [6.07, 6.45) is 6.39. The fourth-order valence-corrected chi connectivity index (χ4v) is 3.23. The molecule has 0 amide bonds. The van der Waals surface area contributed by atoms with Gasteiger partial charge in [0.25, 0.3) is 0 Å². The zero-order valence-corrected chi connectivity index (χ0v) is 11.2. The Labute approximate surface area is 110 Å². The van der Waals surface area contributed by atoms with E-state index in [1.807, 2.05) is 0 Å². The van der Waals surface area contributed by atoms with E-state index in [-0.39, 0.29) is 0 Å². The first-order valence-corrected chi connectivity index (χ1v) is 7.29. The molecule has 2 aliphatic rings. The van der Waals surface area contributed by atoms with Gasteiger partial charge in [0.2, 0.25) is 0 Å². The van der Waals surface area contributed by atoms with Gasteiger partial charge in [-0.2, -0.15) is 0 Å². The Morgan fingerprint density at radius 3 is 3.00 bits per heavy atom. The summed E-state index contributed by atoms with van der Waals surface area (Å²) in [7, 11) is 0. The molecule has 0 aromatic heterocycles. The lowest BCUT2D eigenvalue weighted by atomic mass is 9.90. The Morgan fingerprint density at radius 2 is 2.17 bits per heavy atom. The molecule has 1 aliphatic heterocycles. The zero-order chi connectivity index (χ0) is 12.4. The maximum absolute atomic E-state index is 5.49. The van der Waals surface area contributed by atoms with E-state index >= 15 is 0 Å². The normalized spacial score (nSPS) is 24.6. The van der Waals surface area contributed by atoms with Crippen LogP contribution in [0.25, 0.3) is 0 Å². The number of fused-ring (bicyclic) bond motifs is 1. The van der Waals surface area contributed by atoms with Gasteiger partial charge in [-0.1, -0.05) is 12.1 Å². The molecule has 18 heavy (non-hydrogen) atoms. The predicted molar refractivity (Wildman–Crippen MR) is 75.1 cm³/mol. The second kappa shape index (κ2) is 5.31. The minimum atomic E-state index is 0.515. The maximum Gasteiger partial charge on any atom is 0.0514 e. The number of hydrogen-bond acceptors (Lipinski definition) is 2. The van der Waals surface area contributed by atoms with E-state index in [0.717, 1.165) is 13.2 Å². The molecule has 1 fully saturated rings. The number of ether oxygens (including phenoxy) is 1. The molecule has 0 bridgehead atoms. The molecule has 1 saturated heterocycles. The number of anilines is 1. The van der Waals surface area contributed by atoms with Crippen LogP contribution in [0.5, 0.6) is 0 Å². The zero-order valence-electron chi connectivity index (χ0n) is 11.2. The first kappa shape index (κ1) is 12.0. The highest BCUT2D eigenvalue weighted by Crippen LogP contribution is 2.29. The predicted octanol–water partition coefficient (Wildman–Crippen LogP) is 3.40. The molecule has 1 heterocycles. The summed E-state index contributed by atoms with van der Waals surface area (Å²) in [4.78, 5) is 0. The van der Waals surface area contributed by atoms with Gasteiger partial charge in [0.05, 0.1) is 6.61 Å². The van der Waals surface area contributed by atoms with Crippen LogP contribution < -0.4 is 5.32 Å². The van der Waals surface area contributed by atoms with Crippen molar-refractivity contribution in [2.75, 3.05) is 18.5 Å². The van der Waals surface area contributed by atoms with Gasteiger partial charge in [-0.25, -0.2) is 0 Å². The minimum Gasteiger partial charge on any atom is -0.382 e. The van der Waals surface area contributed by atoms with E-state index in [1.165, 1.54) is 37.8 Å². The van der Waals surface area contributed by atoms with E-state index in [9.17, 15) is 0 Å². The second-order valence-corrected chi connectivity index (χ2v) is 5.71. The quantitative estimate of drug-likeness (QED) is 0.881. The second-order valence-electron chi connectivity index (χ2n) is 5.71. The molecule has 1 N–H and O–H groups in total. The largest absolute Gasteiger partial charge is 0.382 e. The van der Waals surface area contributed by atoms with Crippen LogP contribution in [-0.4, -0.2) is 19.3 Å². The van der Waals surface area contributed by atoms with E-state index in [1.54, 1.807) is 11.1 Å². The van der Waals surface area contributed by atoms with E-state index in [2.05, 4.69) is 30.4 Å². The topological polar surface area (TPSA) is 21.3 Å². The smallest absolute Gasteiger partial charge is 0.0514 e. The molecule has 1 aromatic carbocycles. The summed E-state index contributed by atoms with van der Waals surface area (Å²) in [5.41, 5.74) is 4.49. The third-order valence-electron chi connectivity index (χ3n) is 4.45. The SMILES string of the molecule is CC(Nc1cccc2c1CCCC2)C1CCOC1. The molecule has 0 radical (unpaired) electrons. The number of rotatable bonds is 3. The van der Waals surface area contributed by atoms with Gasteiger partial charge >= 0.3 is 0 Å². The van der Waals surface area contributed by atoms with Crippen LogP contribution in [0.2, 0.25) is 0 Å². The summed E-state index contributed by atoms with van der Waals surface area (Å²) in [6.45, 7) is 4.15. The summed E-state index contributed by atoms with van der Waals surface area (Å²) >= 11 is 0. The lowest BCUT2D eigenvalue weighted by Gasteiger charge is -2.25. The van der Waals surface area contributed by atoms with Crippen molar-refractivity contribution in [1.29, 1.82) is 0 Å². The molecule has 98 valence electrons. The minimum absolute atomic E-state index is 0.515. The van der Waals surface area contributed by atoms with E-state index in [4.69, 9.17) is 4.74 Å². The summed E-state index contributed by atoms with van der Waals surface area (Å²) in [6, 6.07) is 7.25. The molecule has 2 atom stereocenters. The first-order valence-electron chi connectivity index (χ1n) is 7.29. The fraction of sp³-hybridized carbons (Fsp3) is 0.625. The molecular weight excluding hydrogens is 222 g/mol. The van der Waals surface area contributed by atoms with Crippen molar-refractivity contribution in [3.63, 3.8) is 0 Å². The van der Waals surface area contributed by atoms with Gasteiger partial charge in [-0.3, -0.25) is 0 Å². The summed E-state index contributed by atoms with van der Waals surface area (Å²) in [5.74, 6) is 0.671. The van der Waals surface area contributed by atoms with Gasteiger partial charge in [-0.15, -0.1) is 0 Å². The van der Waals surface area contributed by atoms with Gasteiger partial charge in [0.1, 0.15) is 0 Å². The van der Waals surface area contributed by atoms with Crippen LogP contribution in [0.1, 0.15) is 37.3 Å². The van der Waals surface area contributed by atoms with Crippen LogP contribution in [0, 0.1) is 5.92 Å². The average molecular weight is 245 g/mol. The lowest BCUT2D eigenvalue weighted by molar-refractivity contribution is 0.183. The Hall–Kier alpha value is -1.02. The van der Waals surface area contributed by atoms with Crippen molar-refractivity contribution < 1.29 is 4.74 Å². The van der Waals surface area contributed by atoms with Crippen molar-refractivity contribution in [2.45, 2.75) is 45.1 Å². The number of hydrogen-bond donors (Lipinski definition) is 1. The van der Waals surface area contributed by atoms with Crippen LogP contribution >= 0.6 is 0 Å². The molecule has 2 unspecified atom stereocenters. The van der Waals surface area contributed by atoms with Gasteiger partial charge < -0.3 is 10.1 Å². The standard InChI is InChI=1S/C16H23NO/c1-12(14-9-10-18-11-14)17-16-8-4-6-13-5-2-3-7-15(13)16/h4,6,8,12,14,17H,2-3,5,7,9-11H2,1H3. The highest BCUT2D eigenvalue weighted by atomic mass is 16.5. The summed E-state index contributed by atoms with van der Waals surface area (Å²) in [5, 5.41) is 3.73. The molecule has 1 aliphatic carbocycles. The molecule has 2 nitrogen and oxygen atoms in total. The fourth-order valence-electron chi connectivity index (χ4n) is 3.23. The molecule has 0 spiro atoms. The highest BCUT2D eigenvalue weighted by Gasteiger charge is 2.23. The van der Waals surface area contributed by atoms with Crippen molar-refractivity contribution in [3.05, 3.63) is 29.3 Å². The van der Waals surface area contributed by atoms with Crippen molar-refractivity contribution in [2.24, 2.45) is 5.92 Å². The molecular formula is C16H23NO. The Balaban J connectivity index is 1.75. The van der Waals surface area contributed by atoms with E-state index in [0.29, 0.717) is 12.0 Å². The molecule has 0 saturated carbocycles. The first-order chi connectivity index (χ1) is 8.84. The Kier molecular flexibility index (Phi) is 3.55. The average Bonchev–Trinajstić information content (AvgIpc) is 2.93. The highest BCUT2D eigenvalue weighted by molar-refractivity contribution is 5.56. The Morgan fingerprint density at radius 1 is 1.28 bits per heavy atom. The molecule has 2 heteroatoms. The van der Waals surface area contributed by atoms with Gasteiger partial charge in [-0.05, 0) is 56.2 Å². The van der Waals surface area contributed by atoms with Crippen LogP contribution in [0.4, 0.5) is 5.69 Å². The van der Waals surface area contributed by atoms with Crippen molar-refractivity contribution >= 4 is 5.69 Å². The number of nitrogens with one attached hydrogen (secondary N) is 1.